The number of pyridine rings is 1. The van der Waals surface area contributed by atoms with E-state index >= 15 is 0 Å². The molecule has 2 amide bonds. The molecule has 5 nitrogen and oxygen atoms in total. The first-order valence-electron chi connectivity index (χ1n) is 9.09. The Kier molecular flexibility index (Phi) is 5.95. The predicted octanol–water partition coefficient (Wildman–Crippen LogP) is 4.47. The van der Waals surface area contributed by atoms with Gasteiger partial charge in [-0.2, -0.15) is 0 Å². The number of benzene rings is 2. The van der Waals surface area contributed by atoms with E-state index in [2.05, 4.69) is 10.3 Å². The largest absolute Gasteiger partial charge is 0.332 e. The van der Waals surface area contributed by atoms with Gasteiger partial charge in [-0.05, 0) is 49.2 Å². The molecule has 0 fully saturated rings. The molecular formula is C22H22ClN3O2. The van der Waals surface area contributed by atoms with E-state index in [4.69, 9.17) is 11.6 Å². The summed E-state index contributed by atoms with van der Waals surface area (Å²) >= 11 is 6.05. The van der Waals surface area contributed by atoms with Crippen LogP contribution in [0.4, 0.5) is 5.69 Å². The zero-order valence-electron chi connectivity index (χ0n) is 16.1. The molecule has 28 heavy (non-hydrogen) atoms. The van der Waals surface area contributed by atoms with E-state index < -0.39 is 0 Å². The van der Waals surface area contributed by atoms with E-state index in [0.29, 0.717) is 16.3 Å². The van der Waals surface area contributed by atoms with E-state index in [1.165, 1.54) is 4.90 Å². The number of nitrogens with one attached hydrogen (secondary N) is 1. The fraction of sp³-hybridized carbons (Fsp3) is 0.227. The normalized spacial score (nSPS) is 10.7. The smallest absolute Gasteiger partial charge is 0.255 e. The highest BCUT2D eigenvalue weighted by atomic mass is 35.5. The van der Waals surface area contributed by atoms with E-state index in [9.17, 15) is 9.59 Å². The Morgan fingerprint density at radius 2 is 1.89 bits per heavy atom. The number of hydrogen-bond acceptors (Lipinski definition) is 3. The minimum atomic E-state index is -0.259. The zero-order chi connectivity index (χ0) is 20.3. The number of likely N-dealkylation sites (N-methyl/N-ethyl adjacent to an activating group) is 1. The van der Waals surface area contributed by atoms with Crippen molar-refractivity contribution in [2.24, 2.45) is 0 Å². The van der Waals surface area contributed by atoms with Gasteiger partial charge < -0.3 is 10.2 Å². The predicted molar refractivity (Wildman–Crippen MR) is 113 cm³/mol. The maximum absolute atomic E-state index is 12.9. The molecule has 0 aliphatic carbocycles. The molecule has 6 heteroatoms. The number of para-hydroxylation sites is 1. The monoisotopic (exact) mass is 395 g/mol. The number of aryl methyl sites for hydroxylation is 2. The highest BCUT2D eigenvalue weighted by Crippen LogP contribution is 2.21. The summed E-state index contributed by atoms with van der Waals surface area (Å²) in [6, 6.07) is 14.8. The highest BCUT2D eigenvalue weighted by molar-refractivity contribution is 6.31. The van der Waals surface area contributed by atoms with Crippen LogP contribution < -0.4 is 5.32 Å². The third kappa shape index (κ3) is 4.31. The fourth-order valence-corrected chi connectivity index (χ4v) is 3.27. The fourth-order valence-electron chi connectivity index (χ4n) is 3.09. The van der Waals surface area contributed by atoms with Gasteiger partial charge in [-0.1, -0.05) is 36.7 Å². The number of halogens is 1. The molecule has 3 aromatic rings. The summed E-state index contributed by atoms with van der Waals surface area (Å²) < 4.78 is 0. The van der Waals surface area contributed by atoms with Crippen molar-refractivity contribution >= 4 is 40.0 Å². The van der Waals surface area contributed by atoms with Gasteiger partial charge in [-0.25, -0.2) is 0 Å². The lowest BCUT2D eigenvalue weighted by atomic mass is 10.1. The SMILES string of the molecule is CCc1ccccc1NC(=O)CN(C)C(=O)c1cc2cc(Cl)ccc2nc1C. The van der Waals surface area contributed by atoms with Gasteiger partial charge in [0.1, 0.15) is 0 Å². The van der Waals surface area contributed by atoms with Crippen molar-refractivity contribution in [3.05, 3.63) is 70.4 Å². The molecular weight excluding hydrogens is 374 g/mol. The second-order valence-electron chi connectivity index (χ2n) is 6.68. The zero-order valence-corrected chi connectivity index (χ0v) is 16.9. The van der Waals surface area contributed by atoms with Crippen LogP contribution in [0.5, 0.6) is 0 Å². The molecule has 0 atom stereocenters. The Bertz CT molecular complexity index is 1050. The third-order valence-corrected chi connectivity index (χ3v) is 4.83. The highest BCUT2D eigenvalue weighted by Gasteiger charge is 2.19. The summed E-state index contributed by atoms with van der Waals surface area (Å²) in [5.41, 5.74) is 3.67. The first-order valence-corrected chi connectivity index (χ1v) is 9.47. The van der Waals surface area contributed by atoms with Crippen molar-refractivity contribution in [2.45, 2.75) is 20.3 Å². The van der Waals surface area contributed by atoms with Crippen LogP contribution in [0.15, 0.2) is 48.5 Å². The first kappa shape index (κ1) is 19.8. The van der Waals surface area contributed by atoms with Crippen molar-refractivity contribution in [3.63, 3.8) is 0 Å². The van der Waals surface area contributed by atoms with Crippen LogP contribution in [0.2, 0.25) is 5.02 Å². The van der Waals surface area contributed by atoms with Crippen LogP contribution in [0.25, 0.3) is 10.9 Å². The van der Waals surface area contributed by atoms with E-state index in [0.717, 1.165) is 28.6 Å². The van der Waals surface area contributed by atoms with Gasteiger partial charge in [0.05, 0.1) is 23.3 Å². The molecule has 1 N–H and O–H groups in total. The second kappa shape index (κ2) is 8.40. The van der Waals surface area contributed by atoms with Gasteiger partial charge in [0, 0.05) is 23.1 Å². The van der Waals surface area contributed by atoms with E-state index in [1.54, 1.807) is 32.2 Å². The molecule has 0 unspecified atom stereocenters. The standard InChI is InChI=1S/C22H22ClN3O2/c1-4-15-7-5-6-8-19(15)25-21(27)13-26(3)22(28)18-12-16-11-17(23)9-10-20(16)24-14(18)2/h5-12H,4,13H2,1-3H3,(H,25,27). The Hall–Kier alpha value is -2.92. The molecule has 0 saturated carbocycles. The second-order valence-corrected chi connectivity index (χ2v) is 7.11. The lowest BCUT2D eigenvalue weighted by Crippen LogP contribution is -2.35. The average Bonchev–Trinajstić information content (AvgIpc) is 2.67. The summed E-state index contributed by atoms with van der Waals surface area (Å²) in [6.07, 6.45) is 0.815. The summed E-state index contributed by atoms with van der Waals surface area (Å²) in [5.74, 6) is -0.503. The average molecular weight is 396 g/mol. The van der Waals surface area contributed by atoms with Crippen LogP contribution in [0.1, 0.15) is 28.5 Å². The number of hydrogen-bond donors (Lipinski definition) is 1. The topological polar surface area (TPSA) is 62.3 Å². The molecule has 0 saturated heterocycles. The number of carbonyl (C=O) groups excluding carboxylic acids is 2. The Balaban J connectivity index is 1.76. The molecule has 0 radical (unpaired) electrons. The third-order valence-electron chi connectivity index (χ3n) is 4.60. The van der Waals surface area contributed by atoms with E-state index in [1.807, 2.05) is 37.3 Å². The Morgan fingerprint density at radius 3 is 2.64 bits per heavy atom. The van der Waals surface area contributed by atoms with Gasteiger partial charge in [0.15, 0.2) is 0 Å². The van der Waals surface area contributed by atoms with Crippen molar-refractivity contribution in [3.8, 4) is 0 Å². The molecule has 3 rings (SSSR count). The molecule has 2 aromatic carbocycles. The molecule has 0 bridgehead atoms. The van der Waals surface area contributed by atoms with Gasteiger partial charge in [-0.3, -0.25) is 14.6 Å². The van der Waals surface area contributed by atoms with Gasteiger partial charge in [-0.15, -0.1) is 0 Å². The Morgan fingerprint density at radius 1 is 1.14 bits per heavy atom. The number of aromatic nitrogens is 1. The van der Waals surface area contributed by atoms with Crippen LogP contribution in [0, 0.1) is 6.92 Å². The maximum Gasteiger partial charge on any atom is 0.255 e. The van der Waals surface area contributed by atoms with Crippen molar-refractivity contribution in [1.29, 1.82) is 0 Å². The quantitative estimate of drug-likeness (QED) is 0.693. The van der Waals surface area contributed by atoms with Gasteiger partial charge in [0.25, 0.3) is 5.91 Å². The number of anilines is 1. The van der Waals surface area contributed by atoms with Crippen LogP contribution in [-0.2, 0) is 11.2 Å². The van der Waals surface area contributed by atoms with Crippen LogP contribution >= 0.6 is 11.6 Å². The van der Waals surface area contributed by atoms with Gasteiger partial charge >= 0.3 is 0 Å². The van der Waals surface area contributed by atoms with Crippen molar-refractivity contribution < 1.29 is 9.59 Å². The summed E-state index contributed by atoms with van der Waals surface area (Å²) in [4.78, 5) is 31.2. The molecule has 1 heterocycles. The van der Waals surface area contributed by atoms with Gasteiger partial charge in [0.2, 0.25) is 5.91 Å². The Labute approximate surface area is 169 Å². The molecule has 0 aliphatic heterocycles. The van der Waals surface area contributed by atoms with Crippen LogP contribution in [-0.4, -0.2) is 35.3 Å². The number of amides is 2. The first-order chi connectivity index (χ1) is 13.4. The number of rotatable bonds is 5. The van der Waals surface area contributed by atoms with Crippen molar-refractivity contribution in [2.75, 3.05) is 18.9 Å². The molecule has 0 spiro atoms. The minimum absolute atomic E-state index is 0.0517. The molecule has 0 aliphatic rings. The van der Waals surface area contributed by atoms with E-state index in [-0.39, 0.29) is 18.4 Å². The number of carbonyl (C=O) groups is 2. The van der Waals surface area contributed by atoms with Crippen molar-refractivity contribution in [1.82, 2.24) is 9.88 Å². The lowest BCUT2D eigenvalue weighted by Gasteiger charge is -2.19. The summed E-state index contributed by atoms with van der Waals surface area (Å²) in [6.45, 7) is 3.76. The molecule has 144 valence electrons. The summed E-state index contributed by atoms with van der Waals surface area (Å²) in [5, 5.41) is 4.25. The number of nitrogens with zero attached hydrogens (tertiary/aromatic N) is 2. The minimum Gasteiger partial charge on any atom is -0.332 e. The molecule has 1 aromatic heterocycles. The number of fused-ring (bicyclic) bond motifs is 1. The lowest BCUT2D eigenvalue weighted by molar-refractivity contribution is -0.116. The van der Waals surface area contributed by atoms with Crippen LogP contribution in [0.3, 0.4) is 0 Å². The summed E-state index contributed by atoms with van der Waals surface area (Å²) in [7, 11) is 1.61. The maximum atomic E-state index is 12.9.